The fraction of sp³-hybridized carbons (Fsp3) is 0.370. The number of aromatic nitrogens is 1. The summed E-state index contributed by atoms with van der Waals surface area (Å²) in [4.78, 5) is 38.7. The predicted octanol–water partition coefficient (Wildman–Crippen LogP) is 4.09. The van der Waals surface area contributed by atoms with E-state index in [0.29, 0.717) is 27.6 Å². The molecule has 3 rings (SSSR count). The number of rotatable bonds is 6. The standard InChI is InChI=1S/C27H31NO5/c1-7-33-25(32)27(5,6)16-19-21(24(31)26(2,3)4)20-15-18(29)13-14-28(20)22(19)23(30)17-11-9-8-10-12-17/h8-15,30H,7,16H2,1-6H3/b23-22+. The Bertz CT molecular complexity index is 1310. The van der Waals surface area contributed by atoms with E-state index >= 15 is 0 Å². The molecule has 33 heavy (non-hydrogen) atoms. The van der Waals surface area contributed by atoms with Gasteiger partial charge in [-0.2, -0.15) is 0 Å². The van der Waals surface area contributed by atoms with Crippen LogP contribution in [-0.4, -0.2) is 27.9 Å². The highest BCUT2D eigenvalue weighted by Gasteiger charge is 2.36. The van der Waals surface area contributed by atoms with Gasteiger partial charge in [-0.15, -0.1) is 0 Å². The highest BCUT2D eigenvalue weighted by Crippen LogP contribution is 2.31. The molecule has 2 heterocycles. The minimum Gasteiger partial charge on any atom is -0.505 e. The number of nitrogens with zero attached hydrogens (tertiary/aromatic N) is 1. The van der Waals surface area contributed by atoms with Crippen molar-refractivity contribution in [1.29, 1.82) is 0 Å². The normalized spacial score (nSPS) is 13.2. The monoisotopic (exact) mass is 449 g/mol. The largest absolute Gasteiger partial charge is 0.505 e. The molecule has 3 aromatic rings. The molecule has 0 unspecified atom stereocenters. The third-order valence-corrected chi connectivity index (χ3v) is 5.64. The van der Waals surface area contributed by atoms with E-state index in [1.165, 1.54) is 12.1 Å². The third kappa shape index (κ3) is 4.70. The third-order valence-electron chi connectivity index (χ3n) is 5.64. The quantitative estimate of drug-likeness (QED) is 0.453. The molecule has 0 saturated heterocycles. The molecule has 0 aliphatic carbocycles. The molecule has 0 aliphatic rings. The summed E-state index contributed by atoms with van der Waals surface area (Å²) in [6.07, 6.45) is 1.71. The van der Waals surface area contributed by atoms with Gasteiger partial charge in [0.2, 0.25) is 0 Å². The van der Waals surface area contributed by atoms with Crippen molar-refractivity contribution in [3.05, 3.63) is 80.9 Å². The molecular formula is C27H31NO5. The number of ketones is 1. The molecule has 1 aromatic carbocycles. The van der Waals surface area contributed by atoms with Crippen molar-refractivity contribution in [3.63, 3.8) is 0 Å². The van der Waals surface area contributed by atoms with Crippen molar-refractivity contribution in [2.45, 2.75) is 48.0 Å². The van der Waals surface area contributed by atoms with Gasteiger partial charge in [0.1, 0.15) is 5.76 Å². The van der Waals surface area contributed by atoms with Crippen LogP contribution in [-0.2, 0) is 16.0 Å². The van der Waals surface area contributed by atoms with Gasteiger partial charge in [0.15, 0.2) is 11.2 Å². The number of esters is 1. The molecular weight excluding hydrogens is 418 g/mol. The highest BCUT2D eigenvalue weighted by atomic mass is 16.5. The van der Waals surface area contributed by atoms with Crippen molar-refractivity contribution in [2.24, 2.45) is 10.8 Å². The zero-order valence-electron chi connectivity index (χ0n) is 20.1. The molecule has 0 atom stereocenters. The zero-order valence-corrected chi connectivity index (χ0v) is 20.1. The van der Waals surface area contributed by atoms with Crippen LogP contribution in [0.3, 0.4) is 0 Å². The topological polar surface area (TPSA) is 85.1 Å². The number of ether oxygens (including phenoxy) is 1. The van der Waals surface area contributed by atoms with E-state index in [9.17, 15) is 19.5 Å². The van der Waals surface area contributed by atoms with E-state index in [2.05, 4.69) is 0 Å². The minimum atomic E-state index is -0.972. The number of Topliss-reactive ketones (excluding diaryl/α,β-unsaturated/α-hetero) is 1. The Balaban J connectivity index is 2.49. The molecule has 6 heteroatoms. The second-order valence-electron chi connectivity index (χ2n) is 9.89. The summed E-state index contributed by atoms with van der Waals surface area (Å²) >= 11 is 0. The maximum atomic E-state index is 13.6. The Labute approximate surface area is 193 Å². The number of pyridine rings is 1. The molecule has 0 radical (unpaired) electrons. The lowest BCUT2D eigenvalue weighted by Crippen LogP contribution is -2.33. The van der Waals surface area contributed by atoms with Crippen LogP contribution in [0.4, 0.5) is 0 Å². The maximum absolute atomic E-state index is 13.6. The maximum Gasteiger partial charge on any atom is 0.311 e. The van der Waals surface area contributed by atoms with E-state index in [0.717, 1.165) is 0 Å². The van der Waals surface area contributed by atoms with Gasteiger partial charge < -0.3 is 14.2 Å². The van der Waals surface area contributed by atoms with Gasteiger partial charge in [-0.1, -0.05) is 51.1 Å². The SMILES string of the molecule is CCOC(=O)C(C)(C)Cc1c(C(=O)C(C)(C)C)c2cc(=O)ccn2/c1=C(/O)c1ccccc1. The number of hydrogen-bond acceptors (Lipinski definition) is 5. The number of aliphatic hydroxyl groups is 1. The Kier molecular flexibility index (Phi) is 6.50. The molecule has 0 aliphatic heterocycles. The molecule has 174 valence electrons. The molecule has 0 saturated carbocycles. The van der Waals surface area contributed by atoms with Gasteiger partial charge in [-0.05, 0) is 32.8 Å². The van der Waals surface area contributed by atoms with Crippen LogP contribution in [0.5, 0.6) is 0 Å². The van der Waals surface area contributed by atoms with Gasteiger partial charge in [0, 0.05) is 34.9 Å². The van der Waals surface area contributed by atoms with E-state index in [4.69, 9.17) is 4.74 Å². The Morgan fingerprint density at radius 2 is 1.67 bits per heavy atom. The summed E-state index contributed by atoms with van der Waals surface area (Å²) in [6, 6.07) is 11.8. The summed E-state index contributed by atoms with van der Waals surface area (Å²) in [6.45, 7) is 10.9. The Hall–Kier alpha value is -3.41. The van der Waals surface area contributed by atoms with Crippen molar-refractivity contribution in [1.82, 2.24) is 4.40 Å². The Morgan fingerprint density at radius 3 is 2.24 bits per heavy atom. The van der Waals surface area contributed by atoms with Crippen molar-refractivity contribution in [2.75, 3.05) is 6.61 Å². The van der Waals surface area contributed by atoms with Gasteiger partial charge in [0.05, 0.1) is 22.9 Å². The number of fused-ring (bicyclic) bond motifs is 1. The van der Waals surface area contributed by atoms with E-state index < -0.39 is 16.8 Å². The highest BCUT2D eigenvalue weighted by molar-refractivity contribution is 6.07. The van der Waals surface area contributed by atoms with Gasteiger partial charge >= 0.3 is 5.97 Å². The van der Waals surface area contributed by atoms with E-state index in [1.54, 1.807) is 76.4 Å². The first-order valence-electron chi connectivity index (χ1n) is 11.1. The number of benzene rings is 1. The smallest absolute Gasteiger partial charge is 0.311 e. The lowest BCUT2D eigenvalue weighted by Gasteiger charge is -2.24. The summed E-state index contributed by atoms with van der Waals surface area (Å²) in [7, 11) is 0. The van der Waals surface area contributed by atoms with Gasteiger partial charge in [-0.25, -0.2) is 0 Å². The Morgan fingerprint density at radius 1 is 1.03 bits per heavy atom. The predicted molar refractivity (Wildman–Crippen MR) is 128 cm³/mol. The zero-order chi connectivity index (χ0) is 24.6. The molecule has 0 bridgehead atoms. The second kappa shape index (κ2) is 8.85. The van der Waals surface area contributed by atoms with Crippen LogP contribution in [0, 0.1) is 10.8 Å². The summed E-state index contributed by atoms with van der Waals surface area (Å²) < 4.78 is 6.94. The number of carbonyl (C=O) groups excluding carboxylic acids is 2. The van der Waals surface area contributed by atoms with Crippen molar-refractivity contribution >= 4 is 23.0 Å². The first-order chi connectivity index (χ1) is 15.4. The lowest BCUT2D eigenvalue weighted by molar-refractivity contribution is -0.153. The number of aliphatic hydroxyl groups excluding tert-OH is 1. The van der Waals surface area contributed by atoms with Crippen LogP contribution in [0.25, 0.3) is 11.3 Å². The van der Waals surface area contributed by atoms with Gasteiger partial charge in [0.25, 0.3) is 0 Å². The van der Waals surface area contributed by atoms with Crippen molar-refractivity contribution in [3.8, 4) is 0 Å². The summed E-state index contributed by atoms with van der Waals surface area (Å²) in [5, 5.41) is 11.8. The molecule has 1 N–H and O–H groups in total. The minimum absolute atomic E-state index is 0.0353. The fourth-order valence-electron chi connectivity index (χ4n) is 3.92. The van der Waals surface area contributed by atoms with Crippen LogP contribution >= 0.6 is 0 Å². The van der Waals surface area contributed by atoms with Crippen LogP contribution < -0.4 is 10.8 Å². The molecule has 2 aromatic heterocycles. The fourth-order valence-corrected chi connectivity index (χ4v) is 3.92. The van der Waals surface area contributed by atoms with Crippen LogP contribution in [0.2, 0.25) is 0 Å². The van der Waals surface area contributed by atoms with Crippen LogP contribution in [0.1, 0.15) is 63.0 Å². The molecule has 0 amide bonds. The van der Waals surface area contributed by atoms with E-state index in [1.807, 2.05) is 6.07 Å². The second-order valence-corrected chi connectivity index (χ2v) is 9.89. The van der Waals surface area contributed by atoms with E-state index in [-0.39, 0.29) is 30.0 Å². The van der Waals surface area contributed by atoms with Crippen molar-refractivity contribution < 1.29 is 19.4 Å². The number of carbonyl (C=O) groups is 2. The molecule has 0 spiro atoms. The summed E-state index contributed by atoms with van der Waals surface area (Å²) in [5.41, 5.74) is -0.134. The first kappa shape index (κ1) is 24.2. The first-order valence-corrected chi connectivity index (χ1v) is 11.1. The number of hydrogen-bond donors (Lipinski definition) is 1. The van der Waals surface area contributed by atoms with Crippen LogP contribution in [0.15, 0.2) is 53.5 Å². The molecule has 0 fully saturated rings. The average Bonchev–Trinajstić information content (AvgIpc) is 3.04. The lowest BCUT2D eigenvalue weighted by atomic mass is 9.80. The van der Waals surface area contributed by atoms with Gasteiger partial charge in [-0.3, -0.25) is 14.4 Å². The summed E-state index contributed by atoms with van der Waals surface area (Å²) in [5.74, 6) is -0.608. The average molecular weight is 450 g/mol. The molecule has 6 nitrogen and oxygen atoms in total.